The highest BCUT2D eigenvalue weighted by Gasteiger charge is 2.32. The minimum atomic E-state index is -1.33. The summed E-state index contributed by atoms with van der Waals surface area (Å²) in [5.74, 6) is -5.82. The highest BCUT2D eigenvalue weighted by atomic mass is 16.4. The maximum atomic E-state index is 13.3. The van der Waals surface area contributed by atoms with Crippen LogP contribution >= 0.6 is 0 Å². The molecule has 0 saturated carbocycles. The number of carboxylic acids is 1. The molecule has 0 radical (unpaired) electrons. The first-order valence-electron chi connectivity index (χ1n) is 23.2. The average Bonchev–Trinajstić information content (AvgIpc) is 3.25. The van der Waals surface area contributed by atoms with Gasteiger partial charge in [-0.15, -0.1) is 0 Å². The Morgan fingerprint density at radius 3 is 1.44 bits per heavy atom. The molecule has 6 atom stereocenters. The summed E-state index contributed by atoms with van der Waals surface area (Å²) in [5.41, 5.74) is 12.2. The lowest BCUT2D eigenvalue weighted by atomic mass is 10.0. The number of aliphatic hydroxyl groups is 1. The van der Waals surface area contributed by atoms with Gasteiger partial charge in [-0.25, -0.2) is 4.79 Å². The highest BCUT2D eigenvalue weighted by molar-refractivity contribution is 5.95. The second-order valence-electron chi connectivity index (χ2n) is 17.4. The number of carboxylic acid groups (broad SMARTS) is 1. The second kappa shape index (κ2) is 31.0. The molecule has 2 rings (SSSR count). The van der Waals surface area contributed by atoms with E-state index >= 15 is 0 Å². The summed E-state index contributed by atoms with van der Waals surface area (Å²) in [7, 11) is 0. The molecular formula is C48H73N7O11. The van der Waals surface area contributed by atoms with Gasteiger partial charge in [0.15, 0.2) is 0 Å². The van der Waals surface area contributed by atoms with Crippen molar-refractivity contribution in [2.45, 2.75) is 173 Å². The van der Waals surface area contributed by atoms with Crippen molar-refractivity contribution in [1.82, 2.24) is 26.6 Å². The van der Waals surface area contributed by atoms with Gasteiger partial charge in [0.2, 0.25) is 41.4 Å². The summed E-state index contributed by atoms with van der Waals surface area (Å²) in [5, 5.41) is 42.3. The van der Waals surface area contributed by atoms with Gasteiger partial charge in [-0.05, 0) is 55.4 Å². The monoisotopic (exact) mass is 924 g/mol. The third kappa shape index (κ3) is 23.8. The minimum absolute atomic E-state index is 0.00799. The SMILES string of the molecule is CC(C)C[C@H](NC(=O)[C@@H](NC(=O)CCCCCCCCCCCCCCC(=O)N[C@@H](CC(N)=O)C(=O)N[C@@H](Cc1ccc(O)cc1)C(=O)O)[C@@H](C)O)C(=O)N[C@@H](Cc1ccccc1)C(N)=O. The summed E-state index contributed by atoms with van der Waals surface area (Å²) >= 11 is 0. The maximum Gasteiger partial charge on any atom is 0.326 e. The summed E-state index contributed by atoms with van der Waals surface area (Å²) in [6.45, 7) is 5.14. The summed E-state index contributed by atoms with van der Waals surface area (Å²) in [4.78, 5) is 101. The molecule has 0 aliphatic rings. The van der Waals surface area contributed by atoms with Gasteiger partial charge in [0, 0.05) is 25.7 Å². The first-order valence-corrected chi connectivity index (χ1v) is 23.2. The molecule has 0 bridgehead atoms. The normalized spacial score (nSPS) is 13.8. The van der Waals surface area contributed by atoms with E-state index in [1.54, 1.807) is 0 Å². The lowest BCUT2D eigenvalue weighted by Gasteiger charge is -2.26. The Bertz CT molecular complexity index is 1840. The van der Waals surface area contributed by atoms with Gasteiger partial charge in [-0.1, -0.05) is 121 Å². The largest absolute Gasteiger partial charge is 0.508 e. The van der Waals surface area contributed by atoms with E-state index in [9.17, 15) is 53.7 Å². The number of phenolic OH excluding ortho intramolecular Hbond substituents is 1. The van der Waals surface area contributed by atoms with Gasteiger partial charge in [0.05, 0.1) is 12.5 Å². The molecule has 18 heteroatoms. The summed E-state index contributed by atoms with van der Waals surface area (Å²) in [6.07, 6.45) is 9.87. The van der Waals surface area contributed by atoms with Crippen molar-refractivity contribution in [3.63, 3.8) is 0 Å². The molecule has 18 nitrogen and oxygen atoms in total. The molecule has 0 aromatic heterocycles. The lowest BCUT2D eigenvalue weighted by molar-refractivity contribution is -0.142. The minimum Gasteiger partial charge on any atom is -0.508 e. The molecule has 2 aromatic rings. The van der Waals surface area contributed by atoms with Gasteiger partial charge < -0.3 is 53.4 Å². The van der Waals surface area contributed by atoms with Crippen molar-refractivity contribution in [3.8, 4) is 5.75 Å². The van der Waals surface area contributed by atoms with Crippen LogP contribution in [0.15, 0.2) is 54.6 Å². The standard InChI is InChI=1S/C48H73N7O11/c1-31(2)27-37(45(62)52-36(44(50)61)28-33-19-15-14-16-20-33)53-47(64)43(32(3)56)55-42(60)22-18-13-11-9-7-5-4-6-8-10-12-17-21-41(59)51-38(30-40(49)58)46(63)54-39(48(65)66)29-34-23-25-35(57)26-24-34/h14-16,19-20,23-26,31-32,36-39,43,56-57H,4-13,17-18,21-22,27-30H2,1-3H3,(H2,49,58)(H2,50,61)(H,51,59)(H,52,62)(H,53,64)(H,54,63)(H,55,60)(H,65,66)/t32-,36+,37+,38+,39+,43+/m1/s1. The number of rotatable bonds is 34. The van der Waals surface area contributed by atoms with Crippen LogP contribution in [0, 0.1) is 5.92 Å². The Kier molecular flexibility index (Phi) is 26.3. The Hall–Kier alpha value is -6.04. The number of unbranched alkanes of at least 4 members (excludes halogenated alkanes) is 11. The van der Waals surface area contributed by atoms with Crippen molar-refractivity contribution >= 4 is 47.3 Å². The van der Waals surface area contributed by atoms with Crippen LogP contribution in [0.2, 0.25) is 0 Å². The van der Waals surface area contributed by atoms with Gasteiger partial charge in [-0.3, -0.25) is 33.6 Å². The predicted molar refractivity (Wildman–Crippen MR) is 248 cm³/mol. The Balaban J connectivity index is 1.62. The van der Waals surface area contributed by atoms with Crippen LogP contribution in [0.1, 0.15) is 135 Å². The predicted octanol–water partition coefficient (Wildman–Crippen LogP) is 2.94. The van der Waals surface area contributed by atoms with Crippen LogP contribution in [0.25, 0.3) is 0 Å². The number of carbonyl (C=O) groups excluding carboxylic acids is 7. The van der Waals surface area contributed by atoms with Crippen LogP contribution in [0.4, 0.5) is 0 Å². The molecule has 0 fully saturated rings. The zero-order chi connectivity index (χ0) is 49.0. The average molecular weight is 924 g/mol. The molecule has 66 heavy (non-hydrogen) atoms. The first kappa shape index (κ1) is 56.1. The number of benzene rings is 2. The fourth-order valence-electron chi connectivity index (χ4n) is 7.32. The van der Waals surface area contributed by atoms with Crippen molar-refractivity contribution in [1.29, 1.82) is 0 Å². The lowest BCUT2D eigenvalue weighted by Crippen LogP contribution is -2.59. The number of nitrogens with two attached hydrogens (primary N) is 2. The van der Waals surface area contributed by atoms with Crippen LogP contribution in [-0.4, -0.2) is 99.0 Å². The Labute approximate surface area is 388 Å². The Morgan fingerprint density at radius 2 is 0.970 bits per heavy atom. The highest BCUT2D eigenvalue weighted by Crippen LogP contribution is 2.15. The van der Waals surface area contributed by atoms with Crippen molar-refractivity contribution in [2.24, 2.45) is 17.4 Å². The number of hydrogen-bond donors (Lipinski definition) is 10. The number of hydrogen-bond acceptors (Lipinski definition) is 10. The van der Waals surface area contributed by atoms with E-state index in [-0.39, 0.29) is 49.7 Å². The molecule has 0 spiro atoms. The summed E-state index contributed by atoms with van der Waals surface area (Å²) < 4.78 is 0. The van der Waals surface area contributed by atoms with Crippen molar-refractivity contribution in [2.75, 3.05) is 0 Å². The molecule has 366 valence electrons. The zero-order valence-corrected chi connectivity index (χ0v) is 38.7. The number of primary amides is 2. The summed E-state index contributed by atoms with van der Waals surface area (Å²) in [6, 6.07) is 8.94. The van der Waals surface area contributed by atoms with E-state index in [1.807, 2.05) is 44.2 Å². The van der Waals surface area contributed by atoms with Gasteiger partial charge in [0.25, 0.3) is 0 Å². The van der Waals surface area contributed by atoms with Crippen molar-refractivity contribution < 1.29 is 53.7 Å². The molecule has 12 N–H and O–H groups in total. The molecule has 0 aliphatic carbocycles. The third-order valence-electron chi connectivity index (χ3n) is 11.0. The molecule has 0 unspecified atom stereocenters. The molecule has 2 aromatic carbocycles. The third-order valence-corrected chi connectivity index (χ3v) is 11.0. The van der Waals surface area contributed by atoms with E-state index < -0.39 is 84.1 Å². The van der Waals surface area contributed by atoms with Gasteiger partial charge in [-0.2, -0.15) is 0 Å². The zero-order valence-electron chi connectivity index (χ0n) is 38.7. The quantitative estimate of drug-likeness (QED) is 0.0455. The molecule has 7 amide bonds. The molecular weight excluding hydrogens is 851 g/mol. The van der Waals surface area contributed by atoms with Crippen molar-refractivity contribution in [3.05, 3.63) is 65.7 Å². The molecule has 0 saturated heterocycles. The van der Waals surface area contributed by atoms with Crippen LogP contribution in [-0.2, 0) is 51.2 Å². The fraction of sp³-hybridized carbons (Fsp3) is 0.583. The van der Waals surface area contributed by atoms with Gasteiger partial charge >= 0.3 is 5.97 Å². The maximum absolute atomic E-state index is 13.3. The smallest absolute Gasteiger partial charge is 0.326 e. The number of carbonyl (C=O) groups is 8. The van der Waals surface area contributed by atoms with E-state index in [0.29, 0.717) is 18.4 Å². The van der Waals surface area contributed by atoms with Crippen LogP contribution < -0.4 is 38.1 Å². The number of aliphatic carboxylic acids is 1. The van der Waals surface area contributed by atoms with Crippen LogP contribution in [0.5, 0.6) is 5.75 Å². The number of amides is 7. The number of aliphatic hydroxyl groups excluding tert-OH is 1. The number of phenols is 1. The van der Waals surface area contributed by atoms with E-state index in [4.69, 9.17) is 11.5 Å². The topological polar surface area (TPSA) is 309 Å². The van der Waals surface area contributed by atoms with Crippen LogP contribution in [0.3, 0.4) is 0 Å². The fourth-order valence-corrected chi connectivity index (χ4v) is 7.32. The van der Waals surface area contributed by atoms with E-state index in [1.165, 1.54) is 31.2 Å². The van der Waals surface area contributed by atoms with E-state index in [2.05, 4.69) is 26.6 Å². The Morgan fingerprint density at radius 1 is 0.530 bits per heavy atom. The molecule has 0 aliphatic heterocycles. The van der Waals surface area contributed by atoms with Gasteiger partial charge in [0.1, 0.15) is 36.0 Å². The number of aromatic hydroxyl groups is 1. The van der Waals surface area contributed by atoms with E-state index in [0.717, 1.165) is 69.8 Å². The number of nitrogens with one attached hydrogen (secondary N) is 5. The first-order chi connectivity index (χ1) is 31.4. The second-order valence-corrected chi connectivity index (χ2v) is 17.4. The molecule has 0 heterocycles.